The Morgan fingerprint density at radius 3 is 2.58 bits per heavy atom. The molecule has 0 aromatic carbocycles. The lowest BCUT2D eigenvalue weighted by molar-refractivity contribution is 0.149. The van der Waals surface area contributed by atoms with Crippen LogP contribution in [0.4, 0.5) is 0 Å². The summed E-state index contributed by atoms with van der Waals surface area (Å²) in [7, 11) is 0. The van der Waals surface area contributed by atoms with Gasteiger partial charge in [0.15, 0.2) is 0 Å². The van der Waals surface area contributed by atoms with Crippen LogP contribution in [-0.2, 0) is 0 Å². The van der Waals surface area contributed by atoms with E-state index in [1.165, 1.54) is 0 Å². The highest BCUT2D eigenvalue weighted by Crippen LogP contribution is 2.00. The van der Waals surface area contributed by atoms with Crippen LogP contribution in [0.2, 0.25) is 0 Å². The van der Waals surface area contributed by atoms with Gasteiger partial charge >= 0.3 is 0 Å². The Bertz CT molecular complexity index is 184. The summed E-state index contributed by atoms with van der Waals surface area (Å²) < 4.78 is 0. The average molecular weight is 165 g/mol. The van der Waals surface area contributed by atoms with Gasteiger partial charge in [0.1, 0.15) is 0 Å². The number of nitrogens with zero attached hydrogens (tertiary/aromatic N) is 3. The van der Waals surface area contributed by atoms with Crippen molar-refractivity contribution in [2.45, 2.75) is 6.92 Å². The molecule has 0 spiro atoms. The van der Waals surface area contributed by atoms with E-state index in [1.54, 1.807) is 0 Å². The maximum atomic E-state index is 5.22. The van der Waals surface area contributed by atoms with Crippen molar-refractivity contribution in [3.63, 3.8) is 0 Å². The first-order chi connectivity index (χ1) is 5.86. The predicted molar refractivity (Wildman–Crippen MR) is 51.0 cm³/mol. The van der Waals surface area contributed by atoms with Gasteiger partial charge in [-0.25, -0.2) is 0 Å². The largest absolute Gasteiger partial charge is 0.295 e. The van der Waals surface area contributed by atoms with Crippen LogP contribution >= 0.6 is 0 Å². The summed E-state index contributed by atoms with van der Waals surface area (Å²) in [5.74, 6) is 2.65. The van der Waals surface area contributed by atoms with Crippen LogP contribution < -0.4 is 0 Å². The molecule has 0 unspecified atom stereocenters. The smallest absolute Gasteiger partial charge is 0.0600 e. The quantitative estimate of drug-likeness (QED) is 0.431. The van der Waals surface area contributed by atoms with Gasteiger partial charge in [0.25, 0.3) is 0 Å². The van der Waals surface area contributed by atoms with Crippen molar-refractivity contribution in [1.82, 2.24) is 9.91 Å². The number of rotatable bonds is 2. The second kappa shape index (κ2) is 4.78. The normalized spacial score (nSPS) is 19.8. The fraction of sp³-hybridized carbons (Fsp3) is 0.667. The molecular weight excluding hydrogens is 150 g/mol. The number of terminal acetylenes is 1. The minimum atomic E-state index is 0.768. The van der Waals surface area contributed by atoms with Crippen molar-refractivity contribution < 1.29 is 0 Å². The third-order valence-corrected chi connectivity index (χ3v) is 1.94. The zero-order chi connectivity index (χ0) is 8.81. The lowest BCUT2D eigenvalue weighted by Crippen LogP contribution is -2.44. The molecule has 1 fully saturated rings. The molecule has 1 saturated heterocycles. The van der Waals surface area contributed by atoms with Gasteiger partial charge in [-0.3, -0.25) is 9.91 Å². The van der Waals surface area contributed by atoms with E-state index in [4.69, 9.17) is 6.42 Å². The van der Waals surface area contributed by atoms with Gasteiger partial charge < -0.3 is 0 Å². The number of hydrogen-bond acceptors (Lipinski definition) is 3. The van der Waals surface area contributed by atoms with Gasteiger partial charge in [-0.05, 0) is 6.92 Å². The molecule has 0 N–H and O–H groups in total. The van der Waals surface area contributed by atoms with Crippen LogP contribution in [0.1, 0.15) is 6.92 Å². The molecule has 0 atom stereocenters. The lowest BCUT2D eigenvalue weighted by atomic mass is 10.3. The van der Waals surface area contributed by atoms with Crippen molar-refractivity contribution in [3.05, 3.63) is 0 Å². The van der Waals surface area contributed by atoms with E-state index >= 15 is 0 Å². The molecule has 0 aromatic heterocycles. The first-order valence-electron chi connectivity index (χ1n) is 4.26. The maximum absolute atomic E-state index is 5.22. The van der Waals surface area contributed by atoms with E-state index in [0.29, 0.717) is 0 Å². The molecule has 0 amide bonds. The Labute approximate surface area is 74.0 Å². The lowest BCUT2D eigenvalue weighted by Gasteiger charge is -2.31. The zero-order valence-corrected chi connectivity index (χ0v) is 7.53. The van der Waals surface area contributed by atoms with Crippen LogP contribution in [0.5, 0.6) is 0 Å². The Hall–Kier alpha value is -1.01. The molecule has 0 saturated carbocycles. The summed E-state index contributed by atoms with van der Waals surface area (Å²) >= 11 is 0. The van der Waals surface area contributed by atoms with Gasteiger partial charge in [-0.2, -0.15) is 5.10 Å². The molecule has 0 aliphatic carbocycles. The fourth-order valence-corrected chi connectivity index (χ4v) is 1.30. The van der Waals surface area contributed by atoms with E-state index in [0.717, 1.165) is 32.7 Å². The second-order valence-corrected chi connectivity index (χ2v) is 2.81. The van der Waals surface area contributed by atoms with Crippen LogP contribution in [0.25, 0.3) is 0 Å². The molecule has 0 radical (unpaired) electrons. The van der Waals surface area contributed by atoms with Crippen LogP contribution in [0.3, 0.4) is 0 Å². The summed E-state index contributed by atoms with van der Waals surface area (Å²) in [4.78, 5) is 2.27. The first kappa shape index (κ1) is 9.08. The second-order valence-electron chi connectivity index (χ2n) is 2.81. The van der Waals surface area contributed by atoms with E-state index in [-0.39, 0.29) is 0 Å². The van der Waals surface area contributed by atoms with Crippen molar-refractivity contribution in [2.24, 2.45) is 5.10 Å². The fourth-order valence-electron chi connectivity index (χ4n) is 1.30. The number of piperazine rings is 1. The monoisotopic (exact) mass is 165 g/mol. The molecule has 1 heterocycles. The Morgan fingerprint density at radius 1 is 1.42 bits per heavy atom. The molecule has 0 aromatic rings. The highest BCUT2D eigenvalue weighted by molar-refractivity contribution is 5.52. The molecule has 66 valence electrons. The van der Waals surface area contributed by atoms with Gasteiger partial charge in [-0.15, -0.1) is 6.42 Å². The van der Waals surface area contributed by atoms with Gasteiger partial charge in [-0.1, -0.05) is 5.92 Å². The summed E-state index contributed by atoms with van der Waals surface area (Å²) in [5, 5.41) is 6.28. The first-order valence-corrected chi connectivity index (χ1v) is 4.26. The van der Waals surface area contributed by atoms with Crippen molar-refractivity contribution >= 4 is 6.21 Å². The van der Waals surface area contributed by atoms with Crippen molar-refractivity contribution in [1.29, 1.82) is 0 Å². The topological polar surface area (TPSA) is 18.8 Å². The molecule has 12 heavy (non-hydrogen) atoms. The standard InChI is InChI=1S/C9H15N3/c1-3-5-11-6-8-12(9-7-11)10-4-2/h1,4H,5-9H2,2H3/b10-4-. The van der Waals surface area contributed by atoms with Crippen LogP contribution in [-0.4, -0.2) is 48.8 Å². The SMILES string of the molecule is C#CCN1CCN(/N=C\C)CC1. The molecule has 3 heteroatoms. The van der Waals surface area contributed by atoms with Gasteiger partial charge in [0, 0.05) is 32.4 Å². The van der Waals surface area contributed by atoms with Crippen LogP contribution in [0.15, 0.2) is 5.10 Å². The van der Waals surface area contributed by atoms with E-state index in [1.807, 2.05) is 13.1 Å². The van der Waals surface area contributed by atoms with Crippen molar-refractivity contribution in [3.8, 4) is 12.3 Å². The van der Waals surface area contributed by atoms with Gasteiger partial charge in [0.05, 0.1) is 6.54 Å². The minimum absolute atomic E-state index is 0.768. The number of hydrazone groups is 1. The molecule has 1 aliphatic rings. The molecule has 1 aliphatic heterocycles. The minimum Gasteiger partial charge on any atom is -0.295 e. The average Bonchev–Trinajstić information content (AvgIpc) is 2.09. The summed E-state index contributed by atoms with van der Waals surface area (Å²) in [5.41, 5.74) is 0. The Morgan fingerprint density at radius 2 is 2.08 bits per heavy atom. The summed E-state index contributed by atoms with van der Waals surface area (Å²) in [6, 6.07) is 0. The Balaban J connectivity index is 2.25. The van der Waals surface area contributed by atoms with E-state index < -0.39 is 0 Å². The molecule has 1 rings (SSSR count). The van der Waals surface area contributed by atoms with E-state index in [2.05, 4.69) is 20.9 Å². The third kappa shape index (κ3) is 2.55. The van der Waals surface area contributed by atoms with Crippen molar-refractivity contribution in [2.75, 3.05) is 32.7 Å². The predicted octanol–water partition coefficient (Wildman–Crippen LogP) is 0.243. The summed E-state index contributed by atoms with van der Waals surface area (Å²) in [6.07, 6.45) is 7.05. The highest BCUT2D eigenvalue weighted by Gasteiger charge is 2.13. The van der Waals surface area contributed by atoms with Crippen LogP contribution in [0, 0.1) is 12.3 Å². The Kier molecular flexibility index (Phi) is 3.62. The molecule has 3 nitrogen and oxygen atoms in total. The third-order valence-electron chi connectivity index (χ3n) is 1.94. The maximum Gasteiger partial charge on any atom is 0.0600 e. The van der Waals surface area contributed by atoms with E-state index in [9.17, 15) is 0 Å². The molecular formula is C9H15N3. The zero-order valence-electron chi connectivity index (χ0n) is 7.53. The summed E-state index contributed by atoms with van der Waals surface area (Å²) in [6.45, 7) is 6.75. The number of hydrogen-bond donors (Lipinski definition) is 0. The highest BCUT2D eigenvalue weighted by atomic mass is 15.5. The molecule has 0 bridgehead atoms. The van der Waals surface area contributed by atoms with Gasteiger partial charge in [0.2, 0.25) is 0 Å².